The molecule has 0 N–H and O–H groups in total. The van der Waals surface area contributed by atoms with Crippen molar-refractivity contribution in [3.05, 3.63) is 63.3 Å². The molecule has 34 heavy (non-hydrogen) atoms. The van der Waals surface area contributed by atoms with Crippen LogP contribution in [0.4, 0.5) is 10.2 Å². The number of carbonyl (C=O) groups excluding carboxylic acids is 1. The van der Waals surface area contributed by atoms with Gasteiger partial charge in [-0.1, -0.05) is 35.8 Å². The second-order valence-electron chi connectivity index (χ2n) is 8.34. The van der Waals surface area contributed by atoms with Gasteiger partial charge < -0.3 is 9.80 Å². The van der Waals surface area contributed by atoms with E-state index >= 15 is 0 Å². The van der Waals surface area contributed by atoms with Gasteiger partial charge in [-0.25, -0.2) is 9.18 Å². The molecule has 1 saturated heterocycles. The topological polar surface area (TPSA) is 58.4 Å². The van der Waals surface area contributed by atoms with Crippen molar-refractivity contribution < 1.29 is 9.18 Å². The third-order valence-electron chi connectivity index (χ3n) is 6.31. The Morgan fingerprint density at radius 2 is 2.03 bits per heavy atom. The molecule has 6 nitrogen and oxygen atoms in total. The van der Waals surface area contributed by atoms with E-state index in [1.807, 2.05) is 6.92 Å². The standard InChI is InChI=1S/C24H21Cl2FN4O2S/c1-3-19(32)29-6-7-30(13(2)12-29)23-15-11-17(26)20(14-4-5-16(25)18(27)10-14)22-21(15)31(8-9-34-22)24(33)28-23/h3-5,10-11,13H,1,6-9,12H2,2H3/t13-/m0/s1. The highest BCUT2D eigenvalue weighted by Crippen LogP contribution is 2.46. The second-order valence-corrected chi connectivity index (χ2v) is 10.3. The SMILES string of the molecule is C=CC(=O)N1CCN(c2nc(=O)n3c4c(c(-c5ccc(Cl)c(F)c5)c(Cl)cc24)SCC3)[C@@H](C)C1. The number of piperazine rings is 1. The molecule has 1 fully saturated rings. The number of hydrogen-bond acceptors (Lipinski definition) is 5. The van der Waals surface area contributed by atoms with Crippen molar-refractivity contribution >= 4 is 57.6 Å². The summed E-state index contributed by atoms with van der Waals surface area (Å²) in [6, 6.07) is 6.34. The molecule has 2 aromatic carbocycles. The number of amides is 1. The number of carbonyl (C=O) groups is 1. The van der Waals surface area contributed by atoms with Crippen molar-refractivity contribution in [1.29, 1.82) is 0 Å². The van der Waals surface area contributed by atoms with Crippen molar-refractivity contribution in [2.24, 2.45) is 0 Å². The van der Waals surface area contributed by atoms with Crippen LogP contribution in [0.1, 0.15) is 6.92 Å². The Balaban J connectivity index is 1.70. The van der Waals surface area contributed by atoms with Gasteiger partial charge in [0, 0.05) is 53.8 Å². The zero-order chi connectivity index (χ0) is 24.1. The van der Waals surface area contributed by atoms with Gasteiger partial charge in [0.1, 0.15) is 11.6 Å². The van der Waals surface area contributed by atoms with Gasteiger partial charge in [0.25, 0.3) is 0 Å². The lowest BCUT2D eigenvalue weighted by Gasteiger charge is -2.40. The van der Waals surface area contributed by atoms with Crippen LogP contribution in [0.3, 0.4) is 0 Å². The van der Waals surface area contributed by atoms with Gasteiger partial charge in [0.15, 0.2) is 0 Å². The van der Waals surface area contributed by atoms with Crippen LogP contribution in [-0.2, 0) is 11.3 Å². The Morgan fingerprint density at radius 1 is 1.24 bits per heavy atom. The number of aromatic nitrogens is 2. The quantitative estimate of drug-likeness (QED) is 0.464. The second kappa shape index (κ2) is 8.91. The monoisotopic (exact) mass is 518 g/mol. The summed E-state index contributed by atoms with van der Waals surface area (Å²) in [4.78, 5) is 34.2. The average Bonchev–Trinajstić information content (AvgIpc) is 2.82. The zero-order valence-corrected chi connectivity index (χ0v) is 20.7. The number of halogens is 3. The number of rotatable bonds is 3. The fourth-order valence-corrected chi connectivity index (χ4v) is 6.38. The molecule has 1 atom stereocenters. The van der Waals surface area contributed by atoms with Crippen molar-refractivity contribution in [3.63, 3.8) is 0 Å². The minimum absolute atomic E-state index is 0.0356. The Hall–Kier alpha value is -2.55. The number of aryl methyl sites for hydroxylation is 1. The summed E-state index contributed by atoms with van der Waals surface area (Å²) in [5.74, 6) is 0.576. The molecule has 0 bridgehead atoms. The Bertz CT molecular complexity index is 1410. The van der Waals surface area contributed by atoms with Crippen LogP contribution in [0.2, 0.25) is 10.0 Å². The van der Waals surface area contributed by atoms with E-state index in [4.69, 9.17) is 23.2 Å². The lowest BCUT2D eigenvalue weighted by atomic mass is 10.0. The van der Waals surface area contributed by atoms with Gasteiger partial charge in [-0.3, -0.25) is 9.36 Å². The largest absolute Gasteiger partial charge is 0.350 e. The molecule has 10 heteroatoms. The molecule has 1 amide bonds. The Labute approximate surface area is 210 Å². The third-order valence-corrected chi connectivity index (χ3v) is 7.98. The maximum Gasteiger partial charge on any atom is 0.350 e. The van der Waals surface area contributed by atoms with E-state index in [-0.39, 0.29) is 22.7 Å². The van der Waals surface area contributed by atoms with Gasteiger partial charge in [-0.05, 0) is 36.8 Å². The summed E-state index contributed by atoms with van der Waals surface area (Å²) in [6.45, 7) is 7.60. The summed E-state index contributed by atoms with van der Waals surface area (Å²) >= 11 is 14.3. The highest BCUT2D eigenvalue weighted by Gasteiger charge is 2.31. The first kappa shape index (κ1) is 23.2. The van der Waals surface area contributed by atoms with Crippen LogP contribution in [0.5, 0.6) is 0 Å². The first-order chi connectivity index (χ1) is 16.3. The van der Waals surface area contributed by atoms with Crippen molar-refractivity contribution in [3.8, 4) is 11.1 Å². The van der Waals surface area contributed by atoms with Crippen LogP contribution in [0.15, 0.2) is 46.6 Å². The van der Waals surface area contributed by atoms with Gasteiger partial charge in [0.05, 0.1) is 15.6 Å². The summed E-state index contributed by atoms with van der Waals surface area (Å²) in [6.07, 6.45) is 1.31. The van der Waals surface area contributed by atoms with E-state index < -0.39 is 5.82 Å². The molecular weight excluding hydrogens is 498 g/mol. The first-order valence-electron chi connectivity index (χ1n) is 10.8. The summed E-state index contributed by atoms with van der Waals surface area (Å²) < 4.78 is 15.9. The fourth-order valence-electron chi connectivity index (χ4n) is 4.69. The molecule has 0 radical (unpaired) electrons. The Kier molecular flexibility index (Phi) is 6.08. The highest BCUT2D eigenvalue weighted by molar-refractivity contribution is 7.99. The minimum Gasteiger partial charge on any atom is -0.350 e. The smallest absolute Gasteiger partial charge is 0.350 e. The fraction of sp³-hybridized carbons (Fsp3) is 0.292. The molecule has 5 rings (SSSR count). The Morgan fingerprint density at radius 3 is 2.74 bits per heavy atom. The van der Waals surface area contributed by atoms with Crippen molar-refractivity contribution in [2.45, 2.75) is 24.4 Å². The van der Waals surface area contributed by atoms with Crippen molar-refractivity contribution in [1.82, 2.24) is 14.5 Å². The molecule has 176 valence electrons. The molecule has 3 aromatic rings. The van der Waals surface area contributed by atoms with Crippen LogP contribution in [0.25, 0.3) is 22.0 Å². The van der Waals surface area contributed by atoms with E-state index in [9.17, 15) is 14.0 Å². The molecule has 1 aromatic heterocycles. The number of benzene rings is 2. The molecule has 2 aliphatic rings. The van der Waals surface area contributed by atoms with Crippen molar-refractivity contribution in [2.75, 3.05) is 30.3 Å². The van der Waals surface area contributed by atoms with Gasteiger partial charge in [-0.2, -0.15) is 4.98 Å². The molecule has 0 saturated carbocycles. The van der Waals surface area contributed by atoms with E-state index in [1.54, 1.807) is 33.4 Å². The normalized spacial score (nSPS) is 17.8. The molecular formula is C24H21Cl2FN4O2S. The molecule has 2 aliphatic heterocycles. The van der Waals surface area contributed by atoms with E-state index in [2.05, 4.69) is 16.5 Å². The maximum atomic E-state index is 14.3. The lowest BCUT2D eigenvalue weighted by Crippen LogP contribution is -2.54. The zero-order valence-electron chi connectivity index (χ0n) is 18.4. The molecule has 0 unspecified atom stereocenters. The predicted octanol–water partition coefficient (Wildman–Crippen LogP) is 4.84. The number of nitrogens with zero attached hydrogens (tertiary/aromatic N) is 4. The first-order valence-corrected chi connectivity index (χ1v) is 12.6. The average molecular weight is 519 g/mol. The van der Waals surface area contributed by atoms with E-state index in [0.717, 1.165) is 15.8 Å². The minimum atomic E-state index is -0.531. The van der Waals surface area contributed by atoms with Crippen LogP contribution >= 0.6 is 35.0 Å². The maximum absolute atomic E-state index is 14.3. The summed E-state index contributed by atoms with van der Waals surface area (Å²) in [7, 11) is 0. The molecule has 3 heterocycles. The van der Waals surface area contributed by atoms with Gasteiger partial charge in [-0.15, -0.1) is 11.8 Å². The highest BCUT2D eigenvalue weighted by atomic mass is 35.5. The molecule has 0 aliphatic carbocycles. The number of anilines is 1. The van der Waals surface area contributed by atoms with Crippen LogP contribution in [-0.4, -0.2) is 51.8 Å². The molecule has 0 spiro atoms. The predicted molar refractivity (Wildman–Crippen MR) is 136 cm³/mol. The third kappa shape index (κ3) is 3.78. The lowest BCUT2D eigenvalue weighted by molar-refractivity contribution is -0.126. The van der Waals surface area contributed by atoms with E-state index in [1.165, 1.54) is 18.2 Å². The van der Waals surface area contributed by atoms with Gasteiger partial charge >= 0.3 is 5.69 Å². The summed E-state index contributed by atoms with van der Waals surface area (Å²) in [5, 5.41) is 1.24. The summed E-state index contributed by atoms with van der Waals surface area (Å²) in [5.41, 5.74) is 1.68. The van der Waals surface area contributed by atoms with Gasteiger partial charge in [0.2, 0.25) is 5.91 Å². The van der Waals surface area contributed by atoms with E-state index in [0.29, 0.717) is 53.9 Å². The van der Waals surface area contributed by atoms with Crippen LogP contribution < -0.4 is 10.6 Å². The number of thioether (sulfide) groups is 1. The number of hydrogen-bond donors (Lipinski definition) is 0. The van der Waals surface area contributed by atoms with Crippen LogP contribution in [0, 0.1) is 5.82 Å².